The van der Waals surface area contributed by atoms with Gasteiger partial charge in [-0.3, -0.25) is 9.59 Å². The summed E-state index contributed by atoms with van der Waals surface area (Å²) in [5.41, 5.74) is 0.342. The van der Waals surface area contributed by atoms with Gasteiger partial charge in [-0.2, -0.15) is 0 Å². The van der Waals surface area contributed by atoms with Gasteiger partial charge in [-0.05, 0) is 43.7 Å². The van der Waals surface area contributed by atoms with Gasteiger partial charge in [0.2, 0.25) is 5.91 Å². The van der Waals surface area contributed by atoms with Crippen molar-refractivity contribution < 1.29 is 18.7 Å². The van der Waals surface area contributed by atoms with Crippen molar-refractivity contribution in [3.8, 4) is 5.75 Å². The maximum Gasteiger partial charge on any atom is 0.261 e. The summed E-state index contributed by atoms with van der Waals surface area (Å²) in [5.74, 6) is -0.568. The highest BCUT2D eigenvalue weighted by molar-refractivity contribution is 9.10. The number of hydrogen-bond acceptors (Lipinski definition) is 3. The molecule has 2 aromatic carbocycles. The van der Waals surface area contributed by atoms with Gasteiger partial charge < -0.3 is 15.0 Å². The molecule has 1 atom stereocenters. The van der Waals surface area contributed by atoms with Gasteiger partial charge in [0, 0.05) is 23.1 Å². The second-order valence-corrected chi connectivity index (χ2v) is 7.24. The number of halogens is 2. The van der Waals surface area contributed by atoms with Gasteiger partial charge in [-0.1, -0.05) is 41.1 Å². The fourth-order valence-electron chi connectivity index (χ4n) is 2.55. The van der Waals surface area contributed by atoms with Crippen LogP contribution in [0.3, 0.4) is 0 Å². The molecule has 5 nitrogen and oxygen atoms in total. The summed E-state index contributed by atoms with van der Waals surface area (Å²) in [7, 11) is 0. The van der Waals surface area contributed by atoms with Crippen LogP contribution in [0.5, 0.6) is 5.75 Å². The van der Waals surface area contributed by atoms with Gasteiger partial charge in [-0.15, -0.1) is 0 Å². The molecule has 28 heavy (non-hydrogen) atoms. The molecule has 0 aliphatic rings. The molecule has 0 aliphatic carbocycles. The fourth-order valence-corrected chi connectivity index (χ4v) is 2.81. The molecule has 0 heterocycles. The van der Waals surface area contributed by atoms with Gasteiger partial charge in [0.15, 0.2) is 6.61 Å². The molecule has 0 aliphatic heterocycles. The van der Waals surface area contributed by atoms with Crippen LogP contribution < -0.4 is 10.1 Å². The van der Waals surface area contributed by atoms with E-state index in [1.165, 1.54) is 11.0 Å². The van der Waals surface area contributed by atoms with Crippen molar-refractivity contribution in [3.63, 3.8) is 0 Å². The predicted octanol–water partition coefficient (Wildman–Crippen LogP) is 3.91. The minimum atomic E-state index is -0.757. The average molecular weight is 451 g/mol. The Bertz CT molecular complexity index is 798. The highest BCUT2D eigenvalue weighted by Gasteiger charge is 2.27. The summed E-state index contributed by atoms with van der Waals surface area (Å²) in [6.45, 7) is 3.82. The normalized spacial score (nSPS) is 11.6. The number of rotatable bonds is 9. The second kappa shape index (κ2) is 10.8. The molecule has 2 rings (SSSR count). The molecule has 0 spiro atoms. The molecule has 0 radical (unpaired) electrons. The van der Waals surface area contributed by atoms with Crippen LogP contribution in [-0.4, -0.2) is 35.9 Å². The van der Waals surface area contributed by atoms with Gasteiger partial charge in [0.05, 0.1) is 0 Å². The van der Waals surface area contributed by atoms with Crippen molar-refractivity contribution in [3.05, 3.63) is 64.4 Å². The van der Waals surface area contributed by atoms with Crippen LogP contribution >= 0.6 is 15.9 Å². The highest BCUT2D eigenvalue weighted by atomic mass is 79.9. The minimum absolute atomic E-state index is 0.0179. The molecule has 0 saturated heterocycles. The Labute approximate surface area is 173 Å². The van der Waals surface area contributed by atoms with Crippen molar-refractivity contribution >= 4 is 27.7 Å². The van der Waals surface area contributed by atoms with Crippen LogP contribution in [0.4, 0.5) is 4.39 Å². The molecule has 0 aromatic heterocycles. The number of nitrogens with zero attached hydrogens (tertiary/aromatic N) is 1. The predicted molar refractivity (Wildman–Crippen MR) is 109 cm³/mol. The van der Waals surface area contributed by atoms with Crippen molar-refractivity contribution in [2.24, 2.45) is 0 Å². The lowest BCUT2D eigenvalue weighted by molar-refractivity contribution is -0.142. The Hall–Kier alpha value is -2.41. The van der Waals surface area contributed by atoms with Crippen molar-refractivity contribution in [1.29, 1.82) is 0 Å². The Morgan fingerprint density at radius 1 is 1.18 bits per heavy atom. The average Bonchev–Trinajstić information content (AvgIpc) is 2.70. The monoisotopic (exact) mass is 450 g/mol. The van der Waals surface area contributed by atoms with E-state index in [0.717, 1.165) is 10.9 Å². The number of carbonyl (C=O) groups excluding carboxylic acids is 2. The van der Waals surface area contributed by atoms with E-state index in [9.17, 15) is 14.0 Å². The number of benzene rings is 2. The molecule has 0 saturated carbocycles. The third-order valence-corrected chi connectivity index (χ3v) is 4.72. The first kappa shape index (κ1) is 21.9. The Morgan fingerprint density at radius 3 is 2.50 bits per heavy atom. The largest absolute Gasteiger partial charge is 0.484 e. The van der Waals surface area contributed by atoms with Crippen LogP contribution in [-0.2, 0) is 16.1 Å². The van der Waals surface area contributed by atoms with E-state index in [2.05, 4.69) is 21.2 Å². The van der Waals surface area contributed by atoms with E-state index >= 15 is 0 Å². The summed E-state index contributed by atoms with van der Waals surface area (Å²) in [6.07, 6.45) is 0.784. The lowest BCUT2D eigenvalue weighted by atomic mass is 10.1. The topological polar surface area (TPSA) is 58.6 Å². The first-order valence-corrected chi connectivity index (χ1v) is 9.90. The summed E-state index contributed by atoms with van der Waals surface area (Å²) >= 11 is 3.34. The van der Waals surface area contributed by atoms with Crippen molar-refractivity contribution in [1.82, 2.24) is 10.2 Å². The molecule has 1 N–H and O–H groups in total. The summed E-state index contributed by atoms with van der Waals surface area (Å²) in [6, 6.07) is 12.5. The molecule has 2 amide bonds. The molecular weight excluding hydrogens is 427 g/mol. The van der Waals surface area contributed by atoms with Crippen LogP contribution in [0.15, 0.2) is 53.0 Å². The summed E-state index contributed by atoms with van der Waals surface area (Å²) in [4.78, 5) is 26.5. The zero-order valence-electron chi connectivity index (χ0n) is 16.0. The van der Waals surface area contributed by atoms with Gasteiger partial charge in [0.25, 0.3) is 5.91 Å². The molecule has 0 bridgehead atoms. The van der Waals surface area contributed by atoms with E-state index in [1.54, 1.807) is 49.4 Å². The quantitative estimate of drug-likeness (QED) is 0.629. The third-order valence-electron chi connectivity index (χ3n) is 4.19. The number of carbonyl (C=O) groups is 2. The number of hydrogen-bond donors (Lipinski definition) is 1. The standard InChI is InChI=1S/C21H24BrFN2O3/c1-3-12-24-21(27)15(2)25(13-16-6-4-5-7-19(16)23)20(26)14-28-18-10-8-17(22)9-11-18/h4-11,15H,3,12-14H2,1-2H3,(H,24,27)/t15-/m0/s1. The Morgan fingerprint density at radius 2 is 1.86 bits per heavy atom. The highest BCUT2D eigenvalue weighted by Crippen LogP contribution is 2.17. The van der Waals surface area contributed by atoms with E-state index in [1.807, 2.05) is 6.92 Å². The SMILES string of the molecule is CCCNC(=O)[C@H](C)N(Cc1ccccc1F)C(=O)COc1ccc(Br)cc1. The third kappa shape index (κ3) is 6.34. The van der Waals surface area contributed by atoms with E-state index in [0.29, 0.717) is 17.9 Å². The molecular formula is C21H24BrFN2O3. The van der Waals surface area contributed by atoms with Crippen LogP contribution in [0.2, 0.25) is 0 Å². The van der Waals surface area contributed by atoms with E-state index in [4.69, 9.17) is 4.74 Å². The Kier molecular flexibility index (Phi) is 8.44. The minimum Gasteiger partial charge on any atom is -0.484 e. The van der Waals surface area contributed by atoms with Crippen molar-refractivity contribution in [2.75, 3.05) is 13.2 Å². The van der Waals surface area contributed by atoms with Crippen molar-refractivity contribution in [2.45, 2.75) is 32.9 Å². The number of ether oxygens (including phenoxy) is 1. The Balaban J connectivity index is 2.13. The lowest BCUT2D eigenvalue weighted by Crippen LogP contribution is -2.49. The smallest absolute Gasteiger partial charge is 0.261 e. The van der Waals surface area contributed by atoms with Gasteiger partial charge in [0.1, 0.15) is 17.6 Å². The van der Waals surface area contributed by atoms with Crippen LogP contribution in [0.1, 0.15) is 25.8 Å². The molecule has 7 heteroatoms. The molecule has 150 valence electrons. The second-order valence-electron chi connectivity index (χ2n) is 6.32. The molecule has 0 fully saturated rings. The zero-order valence-corrected chi connectivity index (χ0v) is 17.5. The molecule has 0 unspecified atom stereocenters. The lowest BCUT2D eigenvalue weighted by Gasteiger charge is -2.28. The first-order chi connectivity index (χ1) is 13.4. The number of amides is 2. The van der Waals surface area contributed by atoms with Crippen LogP contribution in [0.25, 0.3) is 0 Å². The maximum absolute atomic E-state index is 14.1. The van der Waals surface area contributed by atoms with Gasteiger partial charge >= 0.3 is 0 Å². The number of nitrogens with one attached hydrogen (secondary N) is 1. The maximum atomic E-state index is 14.1. The fraction of sp³-hybridized carbons (Fsp3) is 0.333. The molecule has 2 aromatic rings. The first-order valence-electron chi connectivity index (χ1n) is 9.11. The van der Waals surface area contributed by atoms with Crippen LogP contribution in [0, 0.1) is 5.82 Å². The summed E-state index contributed by atoms with van der Waals surface area (Å²) < 4.78 is 20.5. The zero-order chi connectivity index (χ0) is 20.5. The summed E-state index contributed by atoms with van der Waals surface area (Å²) in [5, 5.41) is 2.78. The van der Waals surface area contributed by atoms with Gasteiger partial charge in [-0.25, -0.2) is 4.39 Å². The van der Waals surface area contributed by atoms with E-state index < -0.39 is 17.8 Å². The van der Waals surface area contributed by atoms with E-state index in [-0.39, 0.29) is 19.1 Å².